The van der Waals surface area contributed by atoms with Gasteiger partial charge in [-0.15, -0.1) is 0 Å². The second-order valence-corrected chi connectivity index (χ2v) is 10.4. The number of nitrogens with zero attached hydrogens (tertiary/aromatic N) is 4. The highest BCUT2D eigenvalue weighted by Gasteiger charge is 2.38. The van der Waals surface area contributed by atoms with Crippen LogP contribution in [0.15, 0.2) is 71.8 Å². The zero-order chi connectivity index (χ0) is 22.8. The van der Waals surface area contributed by atoms with Crippen molar-refractivity contribution in [2.45, 2.75) is 36.7 Å². The molecule has 0 aliphatic carbocycles. The molecule has 0 spiro atoms. The molecule has 1 aromatic heterocycles. The van der Waals surface area contributed by atoms with E-state index in [0.29, 0.717) is 19.0 Å². The van der Waals surface area contributed by atoms with Gasteiger partial charge in [0, 0.05) is 33.3 Å². The standard InChI is InChI=1S/C24H28N4O4S/c1-31-22-16-26(17-22)21-15-28-24(32-18-21)23(12-25-28)33(29,30)27(13-19-8-4-2-5-9-19)14-20-10-6-3-7-11-20/h2-12,21-22H,13-18H2,1H3/t21-/m1/s1. The van der Waals surface area contributed by atoms with Gasteiger partial charge in [0.15, 0.2) is 4.90 Å². The monoisotopic (exact) mass is 468 g/mol. The van der Waals surface area contributed by atoms with E-state index in [4.69, 9.17) is 9.47 Å². The van der Waals surface area contributed by atoms with Gasteiger partial charge in [-0.25, -0.2) is 13.1 Å². The minimum atomic E-state index is -3.85. The highest BCUT2D eigenvalue weighted by atomic mass is 32.2. The molecular formula is C24H28N4O4S. The first-order valence-electron chi connectivity index (χ1n) is 11.1. The first-order chi connectivity index (χ1) is 16.0. The van der Waals surface area contributed by atoms with Crippen molar-refractivity contribution in [1.82, 2.24) is 19.0 Å². The maximum atomic E-state index is 13.8. The van der Waals surface area contributed by atoms with E-state index in [1.165, 1.54) is 10.5 Å². The Hall–Kier alpha value is -2.72. The second-order valence-electron chi connectivity index (χ2n) is 8.52. The molecule has 0 N–H and O–H groups in total. The molecule has 0 radical (unpaired) electrons. The Morgan fingerprint density at radius 2 is 1.61 bits per heavy atom. The largest absolute Gasteiger partial charge is 0.475 e. The van der Waals surface area contributed by atoms with Crippen LogP contribution in [0.1, 0.15) is 11.1 Å². The van der Waals surface area contributed by atoms with E-state index in [1.54, 1.807) is 11.8 Å². The fraction of sp³-hybridized carbons (Fsp3) is 0.375. The topological polar surface area (TPSA) is 76.9 Å². The average molecular weight is 469 g/mol. The van der Waals surface area contributed by atoms with E-state index in [-0.39, 0.29) is 30.1 Å². The zero-order valence-electron chi connectivity index (χ0n) is 18.6. The lowest BCUT2D eigenvalue weighted by Gasteiger charge is -2.44. The van der Waals surface area contributed by atoms with Gasteiger partial charge < -0.3 is 9.47 Å². The molecule has 0 unspecified atom stereocenters. The van der Waals surface area contributed by atoms with Gasteiger partial charge in [0.25, 0.3) is 10.0 Å². The summed E-state index contributed by atoms with van der Waals surface area (Å²) >= 11 is 0. The van der Waals surface area contributed by atoms with Crippen LogP contribution in [-0.4, -0.2) is 66.4 Å². The Kier molecular flexibility index (Phi) is 6.20. The summed E-state index contributed by atoms with van der Waals surface area (Å²) in [5.41, 5.74) is 1.84. The maximum absolute atomic E-state index is 13.8. The fourth-order valence-electron chi connectivity index (χ4n) is 4.31. The minimum absolute atomic E-state index is 0.117. The first-order valence-corrected chi connectivity index (χ1v) is 12.5. The molecule has 1 fully saturated rings. The molecule has 1 saturated heterocycles. The van der Waals surface area contributed by atoms with E-state index in [1.807, 2.05) is 60.7 Å². The van der Waals surface area contributed by atoms with Gasteiger partial charge in [-0.05, 0) is 11.1 Å². The van der Waals surface area contributed by atoms with Crippen molar-refractivity contribution in [2.24, 2.45) is 0 Å². The van der Waals surface area contributed by atoms with E-state index < -0.39 is 10.0 Å². The van der Waals surface area contributed by atoms with Crippen LogP contribution in [0.2, 0.25) is 0 Å². The van der Waals surface area contributed by atoms with E-state index in [9.17, 15) is 8.42 Å². The third-order valence-corrected chi connectivity index (χ3v) is 8.08. The van der Waals surface area contributed by atoms with Gasteiger partial charge in [-0.2, -0.15) is 9.40 Å². The summed E-state index contributed by atoms with van der Waals surface area (Å²) < 4.78 is 42.1. The van der Waals surface area contributed by atoms with Crippen LogP contribution in [0.25, 0.3) is 0 Å². The van der Waals surface area contributed by atoms with Crippen molar-refractivity contribution in [3.63, 3.8) is 0 Å². The summed E-state index contributed by atoms with van der Waals surface area (Å²) in [6.45, 7) is 3.26. The molecule has 3 heterocycles. The second kappa shape index (κ2) is 9.26. The number of likely N-dealkylation sites (tertiary alicyclic amines) is 1. The van der Waals surface area contributed by atoms with E-state index in [2.05, 4.69) is 10.00 Å². The summed E-state index contributed by atoms with van der Waals surface area (Å²) in [5, 5.41) is 4.38. The van der Waals surface area contributed by atoms with Gasteiger partial charge in [0.05, 0.1) is 24.9 Å². The lowest BCUT2D eigenvalue weighted by atomic mass is 10.1. The third kappa shape index (κ3) is 4.54. The number of benzene rings is 2. The Morgan fingerprint density at radius 3 is 2.18 bits per heavy atom. The lowest BCUT2D eigenvalue weighted by molar-refractivity contribution is -0.0687. The van der Waals surface area contributed by atoms with Crippen molar-refractivity contribution in [2.75, 3.05) is 26.8 Å². The number of sulfonamides is 1. The predicted octanol–water partition coefficient (Wildman–Crippen LogP) is 2.37. The van der Waals surface area contributed by atoms with Crippen LogP contribution in [-0.2, 0) is 34.4 Å². The van der Waals surface area contributed by atoms with Crippen LogP contribution in [0.4, 0.5) is 0 Å². The average Bonchev–Trinajstić information content (AvgIpc) is 3.24. The Labute approximate surface area is 194 Å². The summed E-state index contributed by atoms with van der Waals surface area (Å²) in [6.07, 6.45) is 1.67. The summed E-state index contributed by atoms with van der Waals surface area (Å²) in [6, 6.07) is 19.4. The maximum Gasteiger partial charge on any atom is 0.250 e. The molecule has 9 heteroatoms. The third-order valence-electron chi connectivity index (χ3n) is 6.30. The molecule has 2 aliphatic heterocycles. The molecular weight excluding hydrogens is 440 g/mol. The lowest BCUT2D eigenvalue weighted by Crippen LogP contribution is -2.59. The Morgan fingerprint density at radius 1 is 1.00 bits per heavy atom. The predicted molar refractivity (Wildman–Crippen MR) is 123 cm³/mol. The van der Waals surface area contributed by atoms with Crippen LogP contribution in [0.5, 0.6) is 5.88 Å². The van der Waals surface area contributed by atoms with Gasteiger partial charge in [-0.3, -0.25) is 4.90 Å². The molecule has 2 aromatic carbocycles. The molecule has 0 amide bonds. The molecule has 1 atom stereocenters. The van der Waals surface area contributed by atoms with Crippen molar-refractivity contribution in [1.29, 1.82) is 0 Å². The molecule has 0 saturated carbocycles. The molecule has 33 heavy (non-hydrogen) atoms. The van der Waals surface area contributed by atoms with Crippen molar-refractivity contribution >= 4 is 10.0 Å². The molecule has 3 aromatic rings. The molecule has 2 aliphatic rings. The van der Waals surface area contributed by atoms with Crippen LogP contribution >= 0.6 is 0 Å². The number of ether oxygens (including phenoxy) is 2. The number of aromatic nitrogens is 2. The fourth-order valence-corrected chi connectivity index (χ4v) is 5.80. The van der Waals surface area contributed by atoms with Gasteiger partial charge in [0.1, 0.15) is 6.61 Å². The molecule has 0 bridgehead atoms. The SMILES string of the molecule is COC1CN([C@H]2COc3c(S(=O)(=O)N(Cc4ccccc4)Cc4ccccc4)cnn3C2)C1. The van der Waals surface area contributed by atoms with Crippen molar-refractivity contribution in [3.8, 4) is 5.88 Å². The number of rotatable bonds is 8. The first kappa shape index (κ1) is 22.1. The summed E-state index contributed by atoms with van der Waals surface area (Å²) in [4.78, 5) is 2.40. The van der Waals surface area contributed by atoms with Gasteiger partial charge in [-0.1, -0.05) is 60.7 Å². The number of hydrogen-bond donors (Lipinski definition) is 0. The smallest absolute Gasteiger partial charge is 0.250 e. The van der Waals surface area contributed by atoms with Crippen molar-refractivity contribution in [3.05, 3.63) is 78.0 Å². The number of methoxy groups -OCH3 is 1. The minimum Gasteiger partial charge on any atom is -0.475 e. The quantitative estimate of drug-likeness (QED) is 0.505. The van der Waals surface area contributed by atoms with Gasteiger partial charge in [0.2, 0.25) is 5.88 Å². The highest BCUT2D eigenvalue weighted by Crippen LogP contribution is 2.32. The van der Waals surface area contributed by atoms with E-state index in [0.717, 1.165) is 24.2 Å². The van der Waals surface area contributed by atoms with E-state index >= 15 is 0 Å². The normalized spacial score (nSPS) is 19.2. The Bertz CT molecular complexity index is 1140. The van der Waals surface area contributed by atoms with Crippen LogP contribution in [0.3, 0.4) is 0 Å². The highest BCUT2D eigenvalue weighted by molar-refractivity contribution is 7.89. The number of fused-ring (bicyclic) bond motifs is 1. The molecule has 5 rings (SSSR count). The Balaban J connectivity index is 1.40. The molecule has 8 nitrogen and oxygen atoms in total. The van der Waals surface area contributed by atoms with Crippen LogP contribution < -0.4 is 4.74 Å². The molecule has 174 valence electrons. The van der Waals surface area contributed by atoms with Crippen LogP contribution in [0, 0.1) is 0 Å². The number of hydrogen-bond acceptors (Lipinski definition) is 6. The summed E-state index contributed by atoms with van der Waals surface area (Å²) in [5.74, 6) is 0.321. The van der Waals surface area contributed by atoms with Crippen molar-refractivity contribution < 1.29 is 17.9 Å². The summed E-state index contributed by atoms with van der Waals surface area (Å²) in [7, 11) is -2.13. The zero-order valence-corrected chi connectivity index (χ0v) is 19.4. The van der Waals surface area contributed by atoms with Gasteiger partial charge >= 0.3 is 0 Å².